The number of imidazole rings is 1. The van der Waals surface area contributed by atoms with E-state index in [9.17, 15) is 5.21 Å². The lowest BCUT2D eigenvalue weighted by molar-refractivity contribution is 0.195. The van der Waals surface area contributed by atoms with Gasteiger partial charge in [0.05, 0.1) is 5.69 Å². The number of aryl methyl sites for hydroxylation is 1. The summed E-state index contributed by atoms with van der Waals surface area (Å²) in [7, 11) is 0. The van der Waals surface area contributed by atoms with Gasteiger partial charge in [-0.05, 0) is 19.1 Å². The first kappa shape index (κ1) is 11.5. The Kier molecular flexibility index (Phi) is 2.76. The normalized spacial score (nSPS) is 10.6. The third kappa shape index (κ3) is 1.97. The summed E-state index contributed by atoms with van der Waals surface area (Å²) in [5, 5.41) is 10.3. The molecule has 94 valence electrons. The van der Waals surface area contributed by atoms with Gasteiger partial charge in [-0.3, -0.25) is 4.98 Å². The zero-order valence-electron chi connectivity index (χ0n) is 10.5. The molecule has 2 aromatic heterocycles. The summed E-state index contributed by atoms with van der Waals surface area (Å²) < 4.78 is 1.13. The molecule has 4 nitrogen and oxygen atoms in total. The van der Waals surface area contributed by atoms with Crippen LogP contribution in [0.25, 0.3) is 22.6 Å². The SMILES string of the molecule is Cc1nc(-c2ccccc2)n(O)c1-c1cccnc1. The minimum Gasteiger partial charge on any atom is -0.426 e. The Bertz CT molecular complexity index is 690. The monoisotopic (exact) mass is 251 g/mol. The molecule has 0 amide bonds. The van der Waals surface area contributed by atoms with Crippen molar-refractivity contribution in [1.82, 2.24) is 14.7 Å². The predicted octanol–water partition coefficient (Wildman–Crippen LogP) is 3.16. The van der Waals surface area contributed by atoms with Gasteiger partial charge in [0.25, 0.3) is 0 Å². The molecule has 0 aliphatic carbocycles. The first-order valence-corrected chi connectivity index (χ1v) is 6.02. The molecule has 0 saturated carbocycles. The highest BCUT2D eigenvalue weighted by molar-refractivity contribution is 5.67. The van der Waals surface area contributed by atoms with Gasteiger partial charge in [-0.2, -0.15) is 4.73 Å². The van der Waals surface area contributed by atoms with Crippen molar-refractivity contribution in [3.05, 3.63) is 60.6 Å². The maximum Gasteiger partial charge on any atom is 0.176 e. The second-order valence-corrected chi connectivity index (χ2v) is 4.29. The van der Waals surface area contributed by atoms with Crippen molar-refractivity contribution in [2.75, 3.05) is 0 Å². The van der Waals surface area contributed by atoms with Crippen molar-refractivity contribution in [3.63, 3.8) is 0 Å². The quantitative estimate of drug-likeness (QED) is 0.712. The molecule has 0 aliphatic rings. The minimum absolute atomic E-state index is 0.539. The van der Waals surface area contributed by atoms with Gasteiger partial charge < -0.3 is 5.21 Å². The van der Waals surface area contributed by atoms with Crippen LogP contribution in [0.15, 0.2) is 54.9 Å². The van der Waals surface area contributed by atoms with E-state index in [4.69, 9.17) is 0 Å². The molecule has 0 bridgehead atoms. The van der Waals surface area contributed by atoms with Crippen LogP contribution >= 0.6 is 0 Å². The van der Waals surface area contributed by atoms with Gasteiger partial charge in [0, 0.05) is 23.5 Å². The molecule has 0 fully saturated rings. The summed E-state index contributed by atoms with van der Waals surface area (Å²) in [6, 6.07) is 13.3. The van der Waals surface area contributed by atoms with Crippen LogP contribution in [-0.4, -0.2) is 19.9 Å². The zero-order valence-corrected chi connectivity index (χ0v) is 10.5. The van der Waals surface area contributed by atoms with Crippen LogP contribution in [0, 0.1) is 6.92 Å². The van der Waals surface area contributed by atoms with Crippen molar-refractivity contribution >= 4 is 0 Å². The van der Waals surface area contributed by atoms with E-state index in [1.807, 2.05) is 49.4 Å². The van der Waals surface area contributed by atoms with E-state index in [0.29, 0.717) is 11.5 Å². The fraction of sp³-hybridized carbons (Fsp3) is 0.0667. The topological polar surface area (TPSA) is 50.9 Å². The van der Waals surface area contributed by atoms with Gasteiger partial charge >= 0.3 is 0 Å². The summed E-state index contributed by atoms with van der Waals surface area (Å²) in [6.45, 7) is 1.88. The predicted molar refractivity (Wildman–Crippen MR) is 72.8 cm³/mol. The van der Waals surface area contributed by atoms with Crippen LogP contribution in [-0.2, 0) is 0 Å². The molecular weight excluding hydrogens is 238 g/mol. The first-order chi connectivity index (χ1) is 9.27. The number of pyridine rings is 1. The molecule has 3 rings (SSSR count). The lowest BCUT2D eigenvalue weighted by atomic mass is 10.2. The number of benzene rings is 1. The van der Waals surface area contributed by atoms with Crippen LogP contribution in [0.1, 0.15) is 5.69 Å². The molecule has 2 heterocycles. The van der Waals surface area contributed by atoms with Crippen LogP contribution in [0.4, 0.5) is 0 Å². The molecular formula is C15H13N3O. The lowest BCUT2D eigenvalue weighted by Crippen LogP contribution is -1.97. The number of hydrogen-bond acceptors (Lipinski definition) is 3. The van der Waals surface area contributed by atoms with E-state index in [1.165, 1.54) is 0 Å². The summed E-state index contributed by atoms with van der Waals surface area (Å²) in [5.41, 5.74) is 3.17. The van der Waals surface area contributed by atoms with Crippen molar-refractivity contribution in [3.8, 4) is 22.6 Å². The maximum atomic E-state index is 10.3. The molecule has 0 unspecified atom stereocenters. The second kappa shape index (κ2) is 4.57. The zero-order chi connectivity index (χ0) is 13.2. The van der Waals surface area contributed by atoms with Gasteiger partial charge in [0.1, 0.15) is 5.69 Å². The van der Waals surface area contributed by atoms with Gasteiger partial charge in [-0.1, -0.05) is 30.3 Å². The highest BCUT2D eigenvalue weighted by Crippen LogP contribution is 2.27. The largest absolute Gasteiger partial charge is 0.426 e. The minimum atomic E-state index is 0.539. The molecule has 0 radical (unpaired) electrons. The molecule has 0 atom stereocenters. The molecule has 0 aliphatic heterocycles. The maximum absolute atomic E-state index is 10.3. The van der Waals surface area contributed by atoms with Gasteiger partial charge in [0.2, 0.25) is 0 Å². The number of hydrogen-bond donors (Lipinski definition) is 1. The van der Waals surface area contributed by atoms with Crippen molar-refractivity contribution in [2.24, 2.45) is 0 Å². The average molecular weight is 251 g/mol. The molecule has 4 heteroatoms. The van der Waals surface area contributed by atoms with Crippen LogP contribution in [0.2, 0.25) is 0 Å². The third-order valence-corrected chi connectivity index (χ3v) is 3.00. The lowest BCUT2D eigenvalue weighted by Gasteiger charge is -2.04. The molecule has 1 aromatic carbocycles. The fourth-order valence-corrected chi connectivity index (χ4v) is 2.13. The van der Waals surface area contributed by atoms with Crippen LogP contribution in [0.3, 0.4) is 0 Å². The Labute approximate surface area is 111 Å². The highest BCUT2D eigenvalue weighted by atomic mass is 16.5. The Morgan fingerprint density at radius 1 is 1.00 bits per heavy atom. The summed E-state index contributed by atoms with van der Waals surface area (Å²) >= 11 is 0. The second-order valence-electron chi connectivity index (χ2n) is 4.29. The Hall–Kier alpha value is -2.62. The molecule has 19 heavy (non-hydrogen) atoms. The van der Waals surface area contributed by atoms with E-state index >= 15 is 0 Å². The molecule has 0 saturated heterocycles. The smallest absolute Gasteiger partial charge is 0.176 e. The summed E-state index contributed by atoms with van der Waals surface area (Å²) in [6.07, 6.45) is 3.42. The molecule has 1 N–H and O–H groups in total. The van der Waals surface area contributed by atoms with E-state index in [2.05, 4.69) is 9.97 Å². The summed E-state index contributed by atoms with van der Waals surface area (Å²) in [4.78, 5) is 8.52. The van der Waals surface area contributed by atoms with E-state index in [1.54, 1.807) is 12.4 Å². The number of aromatic nitrogens is 3. The Balaban J connectivity index is 2.17. The van der Waals surface area contributed by atoms with Crippen molar-refractivity contribution in [2.45, 2.75) is 6.92 Å². The fourth-order valence-electron chi connectivity index (χ4n) is 2.13. The average Bonchev–Trinajstić information content (AvgIpc) is 2.76. The summed E-state index contributed by atoms with van der Waals surface area (Å²) in [5.74, 6) is 0.539. The Morgan fingerprint density at radius 3 is 2.42 bits per heavy atom. The standard InChI is InChI=1S/C15H13N3O/c1-11-14(13-8-5-9-16-10-13)18(19)15(17-11)12-6-3-2-4-7-12/h2-10,19H,1H3. The van der Waals surface area contributed by atoms with E-state index < -0.39 is 0 Å². The van der Waals surface area contributed by atoms with Crippen molar-refractivity contribution < 1.29 is 5.21 Å². The van der Waals surface area contributed by atoms with Gasteiger partial charge in [-0.25, -0.2) is 4.98 Å². The van der Waals surface area contributed by atoms with Crippen molar-refractivity contribution in [1.29, 1.82) is 0 Å². The van der Waals surface area contributed by atoms with E-state index in [0.717, 1.165) is 21.6 Å². The third-order valence-electron chi connectivity index (χ3n) is 3.00. The van der Waals surface area contributed by atoms with E-state index in [-0.39, 0.29) is 0 Å². The van der Waals surface area contributed by atoms with Crippen LogP contribution < -0.4 is 0 Å². The van der Waals surface area contributed by atoms with Gasteiger partial charge in [0.15, 0.2) is 5.82 Å². The van der Waals surface area contributed by atoms with Gasteiger partial charge in [-0.15, -0.1) is 0 Å². The highest BCUT2D eigenvalue weighted by Gasteiger charge is 2.16. The Morgan fingerprint density at radius 2 is 1.74 bits per heavy atom. The van der Waals surface area contributed by atoms with Crippen LogP contribution in [0.5, 0.6) is 0 Å². The number of nitrogens with zero attached hydrogens (tertiary/aromatic N) is 3. The molecule has 0 spiro atoms. The number of rotatable bonds is 2. The first-order valence-electron chi connectivity index (χ1n) is 6.02. The molecule has 3 aromatic rings.